The lowest BCUT2D eigenvalue weighted by Gasteiger charge is -2.08. The summed E-state index contributed by atoms with van der Waals surface area (Å²) in [6, 6.07) is 11.7. The average molecular weight is 273 g/mol. The zero-order valence-corrected chi connectivity index (χ0v) is 10.7. The molecule has 0 aliphatic heterocycles. The molecule has 0 unspecified atom stereocenters. The van der Waals surface area contributed by atoms with E-state index in [1.807, 2.05) is 6.20 Å². The first-order valence-electron chi connectivity index (χ1n) is 5.66. The van der Waals surface area contributed by atoms with E-state index in [4.69, 9.17) is 0 Å². The number of pyridine rings is 1. The van der Waals surface area contributed by atoms with Gasteiger partial charge in [0.25, 0.3) is 10.0 Å². The van der Waals surface area contributed by atoms with Gasteiger partial charge in [-0.1, -0.05) is 18.2 Å². The van der Waals surface area contributed by atoms with Crippen LogP contribution in [0.25, 0.3) is 5.65 Å². The molecule has 3 rings (SSSR count). The lowest BCUT2D eigenvalue weighted by Crippen LogP contribution is -2.13. The number of anilines is 1. The highest BCUT2D eigenvalue weighted by Crippen LogP contribution is 2.19. The first kappa shape index (κ1) is 11.7. The number of aromatic nitrogens is 2. The molecular formula is C13H11N3O2S. The van der Waals surface area contributed by atoms with Gasteiger partial charge >= 0.3 is 0 Å². The Hall–Kier alpha value is -2.34. The summed E-state index contributed by atoms with van der Waals surface area (Å²) in [6.07, 6.45) is 5.19. The molecule has 0 saturated heterocycles. The molecule has 0 aliphatic rings. The largest absolute Gasteiger partial charge is 0.305 e. The first-order chi connectivity index (χ1) is 9.17. The van der Waals surface area contributed by atoms with Gasteiger partial charge in [-0.15, -0.1) is 0 Å². The van der Waals surface area contributed by atoms with Crippen molar-refractivity contribution >= 4 is 21.4 Å². The summed E-state index contributed by atoms with van der Waals surface area (Å²) in [7, 11) is -3.59. The second-order valence-electron chi connectivity index (χ2n) is 4.00. The molecule has 0 fully saturated rings. The van der Waals surface area contributed by atoms with E-state index in [1.165, 1.54) is 0 Å². The predicted molar refractivity (Wildman–Crippen MR) is 72.4 cm³/mol. The number of nitrogens with one attached hydrogen (secondary N) is 1. The van der Waals surface area contributed by atoms with Gasteiger partial charge in [0.05, 0.1) is 10.6 Å². The fourth-order valence-corrected chi connectivity index (χ4v) is 2.91. The predicted octanol–water partition coefficient (Wildman–Crippen LogP) is 2.14. The van der Waals surface area contributed by atoms with E-state index in [0.29, 0.717) is 11.3 Å². The number of benzene rings is 1. The van der Waals surface area contributed by atoms with Crippen LogP contribution in [0.5, 0.6) is 0 Å². The summed E-state index contributed by atoms with van der Waals surface area (Å²) in [4.78, 5) is 4.36. The Morgan fingerprint density at radius 1 is 1.00 bits per heavy atom. The Morgan fingerprint density at radius 2 is 1.79 bits per heavy atom. The Balaban J connectivity index is 2.04. The highest BCUT2D eigenvalue weighted by atomic mass is 32.2. The molecule has 19 heavy (non-hydrogen) atoms. The lowest BCUT2D eigenvalue weighted by molar-refractivity contribution is 0.601. The number of rotatable bonds is 3. The highest BCUT2D eigenvalue weighted by Gasteiger charge is 2.15. The third-order valence-electron chi connectivity index (χ3n) is 2.72. The van der Waals surface area contributed by atoms with E-state index >= 15 is 0 Å². The number of sulfonamides is 1. The molecule has 0 spiro atoms. The summed E-state index contributed by atoms with van der Waals surface area (Å²) in [5.74, 6) is 0. The topological polar surface area (TPSA) is 63.5 Å². The Morgan fingerprint density at radius 3 is 2.58 bits per heavy atom. The van der Waals surface area contributed by atoms with E-state index in [1.54, 1.807) is 59.3 Å². The van der Waals surface area contributed by atoms with E-state index in [2.05, 4.69) is 9.71 Å². The monoisotopic (exact) mass is 273 g/mol. The molecule has 5 nitrogen and oxygen atoms in total. The molecule has 0 radical (unpaired) electrons. The summed E-state index contributed by atoms with van der Waals surface area (Å²) in [5, 5.41) is 0. The Labute approximate surface area is 110 Å². The third kappa shape index (κ3) is 2.17. The van der Waals surface area contributed by atoms with Gasteiger partial charge in [0, 0.05) is 18.6 Å². The second kappa shape index (κ2) is 4.40. The zero-order chi connectivity index (χ0) is 13.3. The van der Waals surface area contributed by atoms with Crippen molar-refractivity contribution in [1.29, 1.82) is 0 Å². The standard InChI is InChI=1S/C13H11N3O2S/c17-19(18,11-5-2-1-3-6-11)15-12-7-4-9-16-10-8-14-13(12)16/h1-10,15H. The van der Waals surface area contributed by atoms with E-state index < -0.39 is 10.0 Å². The normalized spacial score (nSPS) is 11.6. The average Bonchev–Trinajstić information content (AvgIpc) is 2.89. The lowest BCUT2D eigenvalue weighted by atomic mass is 10.4. The van der Waals surface area contributed by atoms with E-state index in [-0.39, 0.29) is 4.90 Å². The van der Waals surface area contributed by atoms with Gasteiger partial charge < -0.3 is 4.40 Å². The molecule has 0 amide bonds. The first-order valence-corrected chi connectivity index (χ1v) is 7.15. The quantitative estimate of drug-likeness (QED) is 0.795. The van der Waals surface area contributed by atoms with Crippen LogP contribution in [-0.4, -0.2) is 17.8 Å². The molecule has 0 saturated carbocycles. The van der Waals surface area contributed by atoms with Gasteiger partial charge in [-0.05, 0) is 24.3 Å². The van der Waals surface area contributed by atoms with Gasteiger partial charge in [0.15, 0.2) is 5.65 Å². The van der Waals surface area contributed by atoms with E-state index in [0.717, 1.165) is 0 Å². The van der Waals surface area contributed by atoms with Crippen LogP contribution in [0.3, 0.4) is 0 Å². The molecular weight excluding hydrogens is 262 g/mol. The minimum atomic E-state index is -3.59. The summed E-state index contributed by atoms with van der Waals surface area (Å²) < 4.78 is 28.7. The van der Waals surface area contributed by atoms with Crippen LogP contribution in [0.4, 0.5) is 5.69 Å². The van der Waals surface area contributed by atoms with E-state index in [9.17, 15) is 8.42 Å². The zero-order valence-electron chi connectivity index (χ0n) is 9.89. The van der Waals surface area contributed by atoms with Crippen molar-refractivity contribution in [2.45, 2.75) is 4.90 Å². The maximum Gasteiger partial charge on any atom is 0.262 e. The molecule has 2 heterocycles. The van der Waals surface area contributed by atoms with Crippen molar-refractivity contribution in [2.75, 3.05) is 4.72 Å². The molecule has 1 aromatic carbocycles. The van der Waals surface area contributed by atoms with Crippen molar-refractivity contribution in [3.63, 3.8) is 0 Å². The van der Waals surface area contributed by atoms with Crippen molar-refractivity contribution in [3.8, 4) is 0 Å². The SMILES string of the molecule is O=S(=O)(Nc1cccn2ccnc12)c1ccccc1. The summed E-state index contributed by atoms with van der Waals surface area (Å²) in [6.45, 7) is 0. The maximum absolute atomic E-state index is 12.2. The van der Waals surface area contributed by atoms with Crippen molar-refractivity contribution in [1.82, 2.24) is 9.38 Å². The van der Waals surface area contributed by atoms with Crippen molar-refractivity contribution < 1.29 is 8.42 Å². The van der Waals surface area contributed by atoms with Crippen LogP contribution in [0.15, 0.2) is 66.0 Å². The van der Waals surface area contributed by atoms with Gasteiger partial charge in [-0.25, -0.2) is 13.4 Å². The minimum absolute atomic E-state index is 0.226. The van der Waals surface area contributed by atoms with Crippen LogP contribution in [0, 0.1) is 0 Å². The molecule has 0 aliphatic carbocycles. The number of hydrogen-bond donors (Lipinski definition) is 1. The fourth-order valence-electron chi connectivity index (χ4n) is 1.83. The van der Waals surface area contributed by atoms with Gasteiger partial charge in [-0.2, -0.15) is 0 Å². The molecule has 1 N–H and O–H groups in total. The van der Waals surface area contributed by atoms with Crippen LogP contribution >= 0.6 is 0 Å². The minimum Gasteiger partial charge on any atom is -0.305 e. The van der Waals surface area contributed by atoms with Crippen molar-refractivity contribution in [2.24, 2.45) is 0 Å². The Bertz CT molecular complexity index is 810. The second-order valence-corrected chi connectivity index (χ2v) is 5.68. The van der Waals surface area contributed by atoms with Gasteiger partial charge in [0.1, 0.15) is 0 Å². The molecule has 2 aromatic heterocycles. The number of hydrogen-bond acceptors (Lipinski definition) is 3. The van der Waals surface area contributed by atoms with Crippen LogP contribution < -0.4 is 4.72 Å². The summed E-state index contributed by atoms with van der Waals surface area (Å²) in [5.41, 5.74) is 1.03. The molecule has 6 heteroatoms. The summed E-state index contributed by atoms with van der Waals surface area (Å²) >= 11 is 0. The van der Waals surface area contributed by atoms with Gasteiger partial charge in [-0.3, -0.25) is 4.72 Å². The molecule has 96 valence electrons. The van der Waals surface area contributed by atoms with Crippen molar-refractivity contribution in [3.05, 3.63) is 61.1 Å². The number of fused-ring (bicyclic) bond motifs is 1. The third-order valence-corrected chi connectivity index (χ3v) is 4.10. The van der Waals surface area contributed by atoms with Crippen LogP contribution in [0.2, 0.25) is 0 Å². The molecule has 0 bridgehead atoms. The van der Waals surface area contributed by atoms with Gasteiger partial charge in [0.2, 0.25) is 0 Å². The number of nitrogens with zero attached hydrogens (tertiary/aromatic N) is 2. The highest BCUT2D eigenvalue weighted by molar-refractivity contribution is 7.92. The molecule has 3 aromatic rings. The maximum atomic E-state index is 12.2. The number of imidazole rings is 1. The smallest absolute Gasteiger partial charge is 0.262 e. The Kier molecular flexibility index (Phi) is 2.72. The van der Waals surface area contributed by atoms with Crippen LogP contribution in [-0.2, 0) is 10.0 Å². The fraction of sp³-hybridized carbons (Fsp3) is 0. The molecule has 0 atom stereocenters. The van der Waals surface area contributed by atoms with Crippen LogP contribution in [0.1, 0.15) is 0 Å².